The molecule has 0 spiro atoms. The first-order valence-electron chi connectivity index (χ1n) is 12.6. The Labute approximate surface area is 193 Å². The molecule has 0 atom stereocenters. The second kappa shape index (κ2) is 18.1. The molecule has 1 rings (SSSR count). The Kier molecular flexibility index (Phi) is 16.6. The van der Waals surface area contributed by atoms with E-state index in [0.717, 1.165) is 18.8 Å². The van der Waals surface area contributed by atoms with Crippen LogP contribution in [-0.2, 0) is 4.43 Å². The zero-order valence-electron chi connectivity index (χ0n) is 20.0. The highest BCUT2D eigenvalue weighted by Gasteiger charge is 2.27. The fourth-order valence-corrected chi connectivity index (χ4v) is 5.43. The van der Waals surface area contributed by atoms with Crippen molar-refractivity contribution in [2.24, 2.45) is 0 Å². The van der Waals surface area contributed by atoms with Crippen molar-refractivity contribution in [1.29, 1.82) is 0 Å². The second-order valence-electron chi connectivity index (χ2n) is 9.08. The van der Waals surface area contributed by atoms with Gasteiger partial charge in [-0.3, -0.25) is 0 Å². The van der Waals surface area contributed by atoms with Gasteiger partial charge in [-0.15, -0.1) is 0 Å². The fourth-order valence-electron chi connectivity index (χ4n) is 3.79. The van der Waals surface area contributed by atoms with Crippen LogP contribution in [0.2, 0.25) is 18.1 Å². The van der Waals surface area contributed by atoms with Gasteiger partial charge in [-0.05, 0) is 31.6 Å². The van der Waals surface area contributed by atoms with Crippen LogP contribution in [0.25, 0.3) is 0 Å². The zero-order valence-corrected chi connectivity index (χ0v) is 21.8. The van der Waals surface area contributed by atoms with Gasteiger partial charge in [0.15, 0.2) is 0 Å². The number of unbranched alkanes of at least 4 members (excludes halogenated alkanes) is 15. The van der Waals surface area contributed by atoms with Gasteiger partial charge in [-0.1, -0.05) is 127 Å². The van der Waals surface area contributed by atoms with Crippen molar-refractivity contribution in [2.45, 2.75) is 123 Å². The molecule has 0 heterocycles. The van der Waals surface area contributed by atoms with Gasteiger partial charge in [-0.25, -0.2) is 0 Å². The fraction of sp³-hybridized carbons (Fsp3) is 0.769. The average molecular weight is 455 g/mol. The minimum atomic E-state index is -2.17. The Bertz CT molecular complexity index is 522. The van der Waals surface area contributed by atoms with E-state index in [2.05, 4.69) is 20.0 Å². The summed E-state index contributed by atoms with van der Waals surface area (Å²) in [5.74, 6) is 0.739. The van der Waals surface area contributed by atoms with E-state index in [1.165, 1.54) is 96.3 Å². The van der Waals surface area contributed by atoms with E-state index in [1.807, 2.05) is 24.3 Å². The van der Waals surface area contributed by atoms with Crippen LogP contribution in [0.3, 0.4) is 0 Å². The standard InChI is InChI=1S/C26H47ClO2Si/c1-4-5-6-7-8-9-10-11-12-13-14-15-16-17-18-21-24-28-30(2,3)29-26-23-20-19-22-25(26)27/h19-20,22-23H,4-18,21,24H2,1-3H3. The molecule has 2 nitrogen and oxygen atoms in total. The van der Waals surface area contributed by atoms with Crippen LogP contribution >= 0.6 is 11.6 Å². The molecule has 0 unspecified atom stereocenters. The quantitative estimate of drug-likeness (QED) is 0.144. The van der Waals surface area contributed by atoms with E-state index in [0.29, 0.717) is 5.02 Å². The van der Waals surface area contributed by atoms with E-state index < -0.39 is 8.56 Å². The molecule has 0 amide bonds. The maximum Gasteiger partial charge on any atom is 0.392 e. The summed E-state index contributed by atoms with van der Waals surface area (Å²) in [6.07, 6.45) is 22.2. The van der Waals surface area contributed by atoms with Gasteiger partial charge in [0.2, 0.25) is 0 Å². The number of rotatable bonds is 20. The highest BCUT2D eigenvalue weighted by molar-refractivity contribution is 6.65. The van der Waals surface area contributed by atoms with Crippen molar-refractivity contribution >= 4 is 20.2 Å². The van der Waals surface area contributed by atoms with E-state index in [9.17, 15) is 0 Å². The van der Waals surface area contributed by atoms with Crippen molar-refractivity contribution in [3.63, 3.8) is 0 Å². The number of hydrogen-bond donors (Lipinski definition) is 0. The molecule has 30 heavy (non-hydrogen) atoms. The maximum absolute atomic E-state index is 6.18. The Balaban J connectivity index is 1.86. The van der Waals surface area contributed by atoms with Crippen LogP contribution in [0.15, 0.2) is 24.3 Å². The monoisotopic (exact) mass is 454 g/mol. The summed E-state index contributed by atoms with van der Waals surface area (Å²) in [7, 11) is -2.17. The molecule has 0 radical (unpaired) electrons. The highest BCUT2D eigenvalue weighted by atomic mass is 35.5. The summed E-state index contributed by atoms with van der Waals surface area (Å²) < 4.78 is 12.1. The topological polar surface area (TPSA) is 18.5 Å². The molecular formula is C26H47ClO2Si. The lowest BCUT2D eigenvalue weighted by Gasteiger charge is -2.24. The minimum absolute atomic E-state index is 0.657. The van der Waals surface area contributed by atoms with Crippen LogP contribution in [0.1, 0.15) is 110 Å². The third kappa shape index (κ3) is 15.3. The minimum Gasteiger partial charge on any atom is -0.519 e. The van der Waals surface area contributed by atoms with Gasteiger partial charge < -0.3 is 8.85 Å². The molecule has 1 aromatic rings. The molecule has 0 aliphatic heterocycles. The van der Waals surface area contributed by atoms with E-state index in [4.69, 9.17) is 20.5 Å². The van der Waals surface area contributed by atoms with Gasteiger partial charge in [0.1, 0.15) is 5.75 Å². The normalized spacial score (nSPS) is 11.7. The number of halogens is 1. The lowest BCUT2D eigenvalue weighted by atomic mass is 10.0. The van der Waals surface area contributed by atoms with Crippen LogP contribution < -0.4 is 4.43 Å². The largest absolute Gasteiger partial charge is 0.519 e. The first-order chi connectivity index (χ1) is 14.5. The number of benzene rings is 1. The number of hydrogen-bond acceptors (Lipinski definition) is 2. The molecule has 4 heteroatoms. The second-order valence-corrected chi connectivity index (χ2v) is 12.8. The summed E-state index contributed by atoms with van der Waals surface area (Å²) in [5.41, 5.74) is 0. The summed E-state index contributed by atoms with van der Waals surface area (Å²) in [4.78, 5) is 0. The SMILES string of the molecule is CCCCCCCCCCCCCCCCCCO[Si](C)(C)Oc1ccccc1Cl. The van der Waals surface area contributed by atoms with Gasteiger partial charge >= 0.3 is 8.56 Å². The summed E-state index contributed by atoms with van der Waals surface area (Å²) in [6, 6.07) is 7.63. The lowest BCUT2D eigenvalue weighted by molar-refractivity contribution is 0.241. The molecule has 174 valence electrons. The first kappa shape index (κ1) is 27.5. The Morgan fingerprint density at radius 2 is 1.10 bits per heavy atom. The maximum atomic E-state index is 6.18. The lowest BCUT2D eigenvalue weighted by Crippen LogP contribution is -2.38. The van der Waals surface area contributed by atoms with Gasteiger partial charge in [0.25, 0.3) is 0 Å². The Morgan fingerprint density at radius 1 is 0.667 bits per heavy atom. The molecular weight excluding hydrogens is 408 g/mol. The van der Waals surface area contributed by atoms with Gasteiger partial charge in [0.05, 0.1) is 5.02 Å². The molecule has 0 aliphatic rings. The number of para-hydroxylation sites is 1. The average Bonchev–Trinajstić information content (AvgIpc) is 2.72. The van der Waals surface area contributed by atoms with Gasteiger partial charge in [-0.2, -0.15) is 0 Å². The molecule has 0 aliphatic carbocycles. The van der Waals surface area contributed by atoms with Crippen molar-refractivity contribution in [2.75, 3.05) is 6.61 Å². The van der Waals surface area contributed by atoms with Crippen LogP contribution in [0.4, 0.5) is 0 Å². The molecule has 0 aromatic heterocycles. The van der Waals surface area contributed by atoms with Gasteiger partial charge in [0, 0.05) is 6.61 Å². The van der Waals surface area contributed by atoms with Crippen molar-refractivity contribution in [1.82, 2.24) is 0 Å². The summed E-state index contributed by atoms with van der Waals surface area (Å²) in [6.45, 7) is 7.25. The van der Waals surface area contributed by atoms with Crippen molar-refractivity contribution in [3.8, 4) is 5.75 Å². The summed E-state index contributed by atoms with van der Waals surface area (Å²) >= 11 is 6.18. The Morgan fingerprint density at radius 3 is 1.57 bits per heavy atom. The van der Waals surface area contributed by atoms with Crippen LogP contribution in [-0.4, -0.2) is 15.2 Å². The molecule has 1 aromatic carbocycles. The molecule has 0 fully saturated rings. The smallest absolute Gasteiger partial charge is 0.392 e. The van der Waals surface area contributed by atoms with E-state index >= 15 is 0 Å². The molecule has 0 saturated heterocycles. The highest BCUT2D eigenvalue weighted by Crippen LogP contribution is 2.26. The summed E-state index contributed by atoms with van der Waals surface area (Å²) in [5, 5.41) is 0.657. The van der Waals surface area contributed by atoms with E-state index in [-0.39, 0.29) is 0 Å². The van der Waals surface area contributed by atoms with Crippen molar-refractivity contribution in [3.05, 3.63) is 29.3 Å². The third-order valence-corrected chi connectivity index (χ3v) is 7.56. The Hall–Kier alpha value is -0.513. The molecule has 0 saturated carbocycles. The molecule has 0 bridgehead atoms. The van der Waals surface area contributed by atoms with E-state index in [1.54, 1.807) is 0 Å². The predicted octanol–water partition coefficient (Wildman–Crippen LogP) is 9.70. The predicted molar refractivity (Wildman–Crippen MR) is 135 cm³/mol. The van der Waals surface area contributed by atoms with Crippen molar-refractivity contribution < 1.29 is 8.85 Å². The van der Waals surface area contributed by atoms with Crippen LogP contribution in [0.5, 0.6) is 5.75 Å². The first-order valence-corrected chi connectivity index (χ1v) is 15.8. The van der Waals surface area contributed by atoms with Crippen LogP contribution in [0, 0.1) is 0 Å². The third-order valence-electron chi connectivity index (χ3n) is 5.64. The zero-order chi connectivity index (χ0) is 21.9. The molecule has 0 N–H and O–H groups in total.